The smallest absolute Gasteiger partial charge is 0.309 e. The number of benzene rings is 10. The zero-order valence-corrected chi connectivity index (χ0v) is 38.5. The third-order valence-electron chi connectivity index (χ3n) is 13.6. The first-order chi connectivity index (χ1) is 35.3. The minimum absolute atomic E-state index is 0.317. The average Bonchev–Trinajstić information content (AvgIpc) is 3.95. The monoisotopic (exact) mass is 935 g/mol. The molecule has 10 aromatic carbocycles. The fraction of sp³-hybridized carbons (Fsp3) is 0.0156. The summed E-state index contributed by atoms with van der Waals surface area (Å²) in [5.74, 6) is 1.19. The highest BCUT2D eigenvalue weighted by Crippen LogP contribution is 2.45. The van der Waals surface area contributed by atoms with E-state index < -0.39 is 11.7 Å². The van der Waals surface area contributed by atoms with Gasteiger partial charge in [0.1, 0.15) is 0 Å². The van der Waals surface area contributed by atoms with Crippen molar-refractivity contribution < 1.29 is 13.2 Å². The van der Waals surface area contributed by atoms with Gasteiger partial charge in [0.2, 0.25) is 0 Å². The van der Waals surface area contributed by atoms with E-state index in [0.717, 1.165) is 82.7 Å². The van der Waals surface area contributed by atoms with Crippen LogP contribution < -0.4 is 0 Å². The van der Waals surface area contributed by atoms with Crippen molar-refractivity contribution in [1.29, 1.82) is 0 Å². The maximum absolute atomic E-state index is 15.3. The number of fused-ring (bicyclic) bond motifs is 6. The molecule has 13 rings (SSSR count). The van der Waals surface area contributed by atoms with Crippen LogP contribution in [0.25, 0.3) is 123 Å². The Hall–Kier alpha value is -9.40. The Kier molecular flexibility index (Phi) is 10.2. The van der Waals surface area contributed by atoms with Crippen LogP contribution in [0.1, 0.15) is 5.56 Å². The van der Waals surface area contributed by atoms with E-state index in [2.05, 4.69) is 88.0 Å². The normalized spacial score (nSPS) is 11.8. The highest BCUT2D eigenvalue weighted by atomic mass is 19.4. The summed E-state index contributed by atoms with van der Waals surface area (Å²) in [6, 6.07) is 79.0. The van der Waals surface area contributed by atoms with Gasteiger partial charge in [-0.1, -0.05) is 170 Å². The van der Waals surface area contributed by atoms with Gasteiger partial charge >= 0.3 is 6.18 Å². The molecule has 0 amide bonds. The van der Waals surface area contributed by atoms with E-state index in [4.69, 9.17) is 15.0 Å². The zero-order chi connectivity index (χ0) is 48.3. The van der Waals surface area contributed by atoms with E-state index in [-0.39, 0.29) is 0 Å². The Labute approximate surface area is 412 Å². The van der Waals surface area contributed by atoms with Gasteiger partial charge in [0, 0.05) is 49.5 Å². The molecule has 3 heterocycles. The van der Waals surface area contributed by atoms with Crippen molar-refractivity contribution in [2.24, 2.45) is 0 Å². The Morgan fingerprint density at radius 2 is 0.736 bits per heavy atom. The minimum Gasteiger partial charge on any atom is -0.309 e. The zero-order valence-electron chi connectivity index (χ0n) is 38.5. The predicted octanol–water partition coefficient (Wildman–Crippen LogP) is 17.1. The molecule has 0 saturated carbocycles. The van der Waals surface area contributed by atoms with Gasteiger partial charge in [-0.2, -0.15) is 13.2 Å². The van der Waals surface area contributed by atoms with E-state index in [1.165, 1.54) is 12.1 Å². The first-order valence-electron chi connectivity index (χ1n) is 23.7. The third kappa shape index (κ3) is 7.40. The third-order valence-corrected chi connectivity index (χ3v) is 13.6. The first-order valence-corrected chi connectivity index (χ1v) is 23.7. The molecule has 0 spiro atoms. The maximum atomic E-state index is 15.3. The average molecular weight is 936 g/mol. The quantitative estimate of drug-likeness (QED) is 0.153. The van der Waals surface area contributed by atoms with Crippen LogP contribution in [0.2, 0.25) is 0 Å². The number of nitrogens with zero attached hydrogens (tertiary/aromatic N) is 5. The second-order valence-electron chi connectivity index (χ2n) is 17.9. The molecule has 0 saturated heterocycles. The van der Waals surface area contributed by atoms with Crippen LogP contribution in [0.15, 0.2) is 243 Å². The Morgan fingerprint density at radius 1 is 0.292 bits per heavy atom. The van der Waals surface area contributed by atoms with E-state index in [0.29, 0.717) is 39.9 Å². The molecule has 0 aliphatic carbocycles. The highest BCUT2D eigenvalue weighted by molar-refractivity contribution is 6.12. The molecule has 0 aliphatic rings. The molecule has 0 unspecified atom stereocenters. The fourth-order valence-corrected chi connectivity index (χ4v) is 10.2. The number of hydrogen-bond acceptors (Lipinski definition) is 3. The topological polar surface area (TPSA) is 48.5 Å². The van der Waals surface area contributed by atoms with Crippen LogP contribution in [0, 0.1) is 0 Å². The molecule has 0 atom stereocenters. The molecule has 72 heavy (non-hydrogen) atoms. The molecule has 8 heteroatoms. The van der Waals surface area contributed by atoms with Crippen molar-refractivity contribution in [3.05, 3.63) is 248 Å². The number of hydrogen-bond donors (Lipinski definition) is 0. The minimum atomic E-state index is -4.66. The Balaban J connectivity index is 1.12. The molecule has 3 aromatic heterocycles. The van der Waals surface area contributed by atoms with Crippen LogP contribution in [-0.2, 0) is 6.18 Å². The van der Waals surface area contributed by atoms with Crippen LogP contribution in [0.3, 0.4) is 0 Å². The standard InChI is InChI=1S/C64H40F3N5/c65-64(66,67)47-31-36-60(72-57-28-16-14-26-50(57)54-38-46(30-35-59(54)72)42-19-7-2-8-20-42)55(39-47)52-40-48(71-56-27-15-13-25-49(56)53-37-45(29-34-58(53)71)41-17-5-1-6-18-41)32-33-51(52)63-69-61(43-21-9-3-10-22-43)68-62(70-63)44-23-11-4-12-24-44/h1-40H. The first kappa shape index (κ1) is 42.7. The van der Waals surface area contributed by atoms with Gasteiger partial charge < -0.3 is 9.13 Å². The molecular formula is C64H40F3N5. The summed E-state index contributed by atoms with van der Waals surface area (Å²) >= 11 is 0. The largest absolute Gasteiger partial charge is 0.416 e. The molecule has 5 nitrogen and oxygen atoms in total. The van der Waals surface area contributed by atoms with Gasteiger partial charge in [-0.05, 0) is 101 Å². The molecule has 0 N–H and O–H groups in total. The lowest BCUT2D eigenvalue weighted by Gasteiger charge is -2.20. The van der Waals surface area contributed by atoms with E-state index in [1.807, 2.05) is 146 Å². The predicted molar refractivity (Wildman–Crippen MR) is 286 cm³/mol. The highest BCUT2D eigenvalue weighted by Gasteiger charge is 2.33. The van der Waals surface area contributed by atoms with E-state index in [1.54, 1.807) is 6.07 Å². The summed E-state index contributed by atoms with van der Waals surface area (Å²) in [4.78, 5) is 15.3. The van der Waals surface area contributed by atoms with Crippen molar-refractivity contribution in [2.75, 3.05) is 0 Å². The fourth-order valence-electron chi connectivity index (χ4n) is 10.2. The van der Waals surface area contributed by atoms with Crippen molar-refractivity contribution in [1.82, 2.24) is 24.1 Å². The van der Waals surface area contributed by atoms with E-state index >= 15 is 13.2 Å². The van der Waals surface area contributed by atoms with Crippen molar-refractivity contribution in [2.45, 2.75) is 6.18 Å². The van der Waals surface area contributed by atoms with Crippen molar-refractivity contribution in [3.63, 3.8) is 0 Å². The Morgan fingerprint density at radius 3 is 1.26 bits per heavy atom. The van der Waals surface area contributed by atoms with Crippen LogP contribution >= 0.6 is 0 Å². The molecular weight excluding hydrogens is 896 g/mol. The summed E-state index contributed by atoms with van der Waals surface area (Å²) in [7, 11) is 0. The molecule has 0 fully saturated rings. The summed E-state index contributed by atoms with van der Waals surface area (Å²) in [5.41, 5.74) is 11.4. The number of halogens is 3. The van der Waals surface area contributed by atoms with Gasteiger partial charge in [-0.15, -0.1) is 0 Å². The molecule has 342 valence electrons. The van der Waals surface area contributed by atoms with Crippen LogP contribution in [0.5, 0.6) is 0 Å². The van der Waals surface area contributed by atoms with E-state index in [9.17, 15) is 0 Å². The van der Waals surface area contributed by atoms with Crippen LogP contribution in [0.4, 0.5) is 13.2 Å². The summed E-state index contributed by atoms with van der Waals surface area (Å²) in [6.45, 7) is 0. The molecule has 0 aliphatic heterocycles. The van der Waals surface area contributed by atoms with Gasteiger partial charge in [-0.25, -0.2) is 15.0 Å². The second kappa shape index (κ2) is 17.2. The summed E-state index contributed by atoms with van der Waals surface area (Å²) in [6.07, 6.45) is -4.66. The molecule has 0 radical (unpaired) electrons. The van der Waals surface area contributed by atoms with Crippen molar-refractivity contribution in [3.8, 4) is 78.9 Å². The van der Waals surface area contributed by atoms with Gasteiger partial charge in [0.25, 0.3) is 0 Å². The summed E-state index contributed by atoms with van der Waals surface area (Å²) < 4.78 is 50.3. The maximum Gasteiger partial charge on any atom is 0.416 e. The van der Waals surface area contributed by atoms with Gasteiger partial charge in [0.05, 0.1) is 33.3 Å². The SMILES string of the molecule is FC(F)(F)c1ccc(-n2c3ccccc3c3cc(-c4ccccc4)ccc32)c(-c2cc(-n3c4ccccc4c4cc(-c5ccccc5)ccc43)ccc2-c2nc(-c3ccccc3)nc(-c3ccccc3)n2)c1. The lowest BCUT2D eigenvalue weighted by Crippen LogP contribution is -2.08. The van der Waals surface area contributed by atoms with Gasteiger partial charge in [0.15, 0.2) is 17.5 Å². The lowest BCUT2D eigenvalue weighted by atomic mass is 9.94. The number of alkyl halides is 3. The Bertz CT molecular complexity index is 4130. The van der Waals surface area contributed by atoms with Crippen molar-refractivity contribution >= 4 is 43.6 Å². The van der Waals surface area contributed by atoms with Gasteiger partial charge in [-0.3, -0.25) is 0 Å². The number of para-hydroxylation sites is 2. The second-order valence-corrected chi connectivity index (χ2v) is 17.9. The number of rotatable bonds is 8. The van der Waals surface area contributed by atoms with Crippen LogP contribution in [-0.4, -0.2) is 24.1 Å². The lowest BCUT2D eigenvalue weighted by molar-refractivity contribution is -0.137. The number of aromatic nitrogens is 5. The molecule has 13 aromatic rings. The summed E-state index contributed by atoms with van der Waals surface area (Å²) in [5, 5.41) is 4.05. The molecule has 0 bridgehead atoms.